The van der Waals surface area contributed by atoms with Crippen LogP contribution in [-0.2, 0) is 0 Å². The number of anilines is 2. The van der Waals surface area contributed by atoms with Crippen LogP contribution in [0.15, 0.2) is 47.5 Å². The van der Waals surface area contributed by atoms with Crippen LogP contribution in [0.5, 0.6) is 0 Å². The topological polar surface area (TPSA) is 42.2 Å². The van der Waals surface area contributed by atoms with Gasteiger partial charge in [0.25, 0.3) is 0 Å². The van der Waals surface area contributed by atoms with Crippen LogP contribution in [0.1, 0.15) is 25.3 Å². The second-order valence-electron chi connectivity index (χ2n) is 4.97. The third-order valence-electron chi connectivity index (χ3n) is 3.18. The Morgan fingerprint density at radius 1 is 1.20 bits per heavy atom. The maximum atomic E-state index is 4.45. The summed E-state index contributed by atoms with van der Waals surface area (Å²) in [5, 5.41) is 3.32. The lowest BCUT2D eigenvalue weighted by atomic mass is 10.0. The van der Waals surface area contributed by atoms with Crippen molar-refractivity contribution in [3.8, 4) is 0 Å². The van der Waals surface area contributed by atoms with Gasteiger partial charge in [0.15, 0.2) is 11.5 Å². The minimum atomic E-state index is 0.534. The van der Waals surface area contributed by atoms with Crippen LogP contribution in [-0.4, -0.2) is 14.4 Å². The van der Waals surface area contributed by atoms with Gasteiger partial charge in [0.05, 0.1) is 0 Å². The molecular formula is C15H15BrN4. The molecule has 0 aliphatic rings. The molecule has 2 heterocycles. The first-order valence-corrected chi connectivity index (χ1v) is 7.29. The molecule has 4 nitrogen and oxygen atoms in total. The van der Waals surface area contributed by atoms with Crippen LogP contribution in [0.3, 0.4) is 0 Å². The summed E-state index contributed by atoms with van der Waals surface area (Å²) in [7, 11) is 0. The van der Waals surface area contributed by atoms with Crippen molar-refractivity contribution >= 4 is 33.1 Å². The molecule has 0 unspecified atom stereocenters. The number of fused-ring (bicyclic) bond motifs is 1. The second-order valence-corrected chi connectivity index (χ2v) is 5.78. The summed E-state index contributed by atoms with van der Waals surface area (Å²) in [6, 6.07) is 8.40. The molecule has 1 N–H and O–H groups in total. The lowest BCUT2D eigenvalue weighted by Crippen LogP contribution is -1.99. The number of aromatic nitrogens is 3. The first-order chi connectivity index (χ1) is 9.63. The number of halogens is 1. The normalized spacial score (nSPS) is 11.2. The van der Waals surface area contributed by atoms with E-state index in [-0.39, 0.29) is 0 Å². The molecule has 1 aromatic carbocycles. The third kappa shape index (κ3) is 2.54. The Balaban J connectivity index is 1.94. The number of nitrogens with one attached hydrogen (secondary N) is 1. The second kappa shape index (κ2) is 5.25. The van der Waals surface area contributed by atoms with Gasteiger partial charge in [-0.1, -0.05) is 26.0 Å². The lowest BCUT2D eigenvalue weighted by Gasteiger charge is -2.10. The van der Waals surface area contributed by atoms with Crippen molar-refractivity contribution in [3.63, 3.8) is 0 Å². The Morgan fingerprint density at radius 3 is 2.65 bits per heavy atom. The highest BCUT2D eigenvalue weighted by Crippen LogP contribution is 2.23. The van der Waals surface area contributed by atoms with Gasteiger partial charge in [0, 0.05) is 24.3 Å². The van der Waals surface area contributed by atoms with Crippen molar-refractivity contribution in [1.82, 2.24) is 14.4 Å². The molecular weight excluding hydrogens is 316 g/mol. The molecule has 0 aliphatic carbocycles. The zero-order valence-corrected chi connectivity index (χ0v) is 12.9. The molecule has 0 spiro atoms. The molecule has 2 aromatic heterocycles. The van der Waals surface area contributed by atoms with E-state index < -0.39 is 0 Å². The van der Waals surface area contributed by atoms with Gasteiger partial charge in [0.2, 0.25) is 0 Å². The van der Waals surface area contributed by atoms with Crippen LogP contribution in [0.25, 0.3) is 5.65 Å². The van der Waals surface area contributed by atoms with E-state index >= 15 is 0 Å². The molecule has 0 amide bonds. The van der Waals surface area contributed by atoms with Crippen molar-refractivity contribution in [2.45, 2.75) is 19.8 Å². The predicted octanol–water partition coefficient (Wildman–Crippen LogP) is 4.36. The predicted molar refractivity (Wildman–Crippen MR) is 84.5 cm³/mol. The van der Waals surface area contributed by atoms with E-state index in [4.69, 9.17) is 0 Å². The summed E-state index contributed by atoms with van der Waals surface area (Å²) in [4.78, 5) is 8.77. The van der Waals surface area contributed by atoms with E-state index in [1.807, 2.05) is 16.8 Å². The number of rotatable bonds is 3. The highest BCUT2D eigenvalue weighted by Gasteiger charge is 2.07. The summed E-state index contributed by atoms with van der Waals surface area (Å²) in [6.07, 6.45) is 5.54. The molecule has 0 atom stereocenters. The van der Waals surface area contributed by atoms with Crippen LogP contribution in [0.4, 0.5) is 11.5 Å². The molecule has 0 radical (unpaired) electrons. The van der Waals surface area contributed by atoms with Gasteiger partial charge in [-0.25, -0.2) is 9.97 Å². The average Bonchev–Trinajstić information content (AvgIpc) is 2.87. The molecule has 0 fully saturated rings. The first kappa shape index (κ1) is 13.1. The smallest absolute Gasteiger partial charge is 0.180 e. The highest BCUT2D eigenvalue weighted by atomic mass is 79.9. The lowest BCUT2D eigenvalue weighted by molar-refractivity contribution is 0.867. The fourth-order valence-corrected chi connectivity index (χ4v) is 2.47. The number of benzene rings is 1. The van der Waals surface area contributed by atoms with Gasteiger partial charge >= 0.3 is 0 Å². The summed E-state index contributed by atoms with van der Waals surface area (Å²) in [5.74, 6) is 1.27. The van der Waals surface area contributed by atoms with E-state index in [2.05, 4.69) is 69.3 Å². The van der Waals surface area contributed by atoms with Gasteiger partial charge in [-0.15, -0.1) is 0 Å². The number of nitrogens with zero attached hydrogens (tertiary/aromatic N) is 3. The molecule has 3 aromatic rings. The van der Waals surface area contributed by atoms with Crippen LogP contribution in [0.2, 0.25) is 0 Å². The number of hydrogen-bond acceptors (Lipinski definition) is 3. The number of imidazole rings is 1. The van der Waals surface area contributed by atoms with Crippen molar-refractivity contribution in [2.75, 3.05) is 5.32 Å². The minimum Gasteiger partial charge on any atom is -0.337 e. The van der Waals surface area contributed by atoms with E-state index in [0.717, 1.165) is 21.8 Å². The van der Waals surface area contributed by atoms with Gasteiger partial charge in [0.1, 0.15) is 4.60 Å². The minimum absolute atomic E-state index is 0.534. The first-order valence-electron chi connectivity index (χ1n) is 6.49. The van der Waals surface area contributed by atoms with E-state index in [1.54, 1.807) is 6.20 Å². The maximum absolute atomic E-state index is 4.45. The molecule has 0 bridgehead atoms. The Bertz CT molecular complexity index is 731. The number of hydrogen-bond donors (Lipinski definition) is 1. The molecule has 0 saturated carbocycles. The van der Waals surface area contributed by atoms with Crippen LogP contribution < -0.4 is 5.32 Å². The Morgan fingerprint density at radius 2 is 1.95 bits per heavy atom. The summed E-state index contributed by atoms with van der Waals surface area (Å²) in [6.45, 7) is 4.37. The zero-order chi connectivity index (χ0) is 14.1. The summed E-state index contributed by atoms with van der Waals surface area (Å²) >= 11 is 3.41. The molecule has 0 saturated heterocycles. The maximum Gasteiger partial charge on any atom is 0.180 e. The summed E-state index contributed by atoms with van der Waals surface area (Å²) < 4.78 is 2.70. The fraction of sp³-hybridized carbons (Fsp3) is 0.200. The Hall–Kier alpha value is -1.88. The fourth-order valence-electron chi connectivity index (χ4n) is 2.07. The molecule has 0 aliphatic heterocycles. The molecule has 5 heteroatoms. The van der Waals surface area contributed by atoms with Gasteiger partial charge in [-0.3, -0.25) is 0 Å². The van der Waals surface area contributed by atoms with Crippen LogP contribution >= 0.6 is 15.9 Å². The Labute approximate surface area is 126 Å². The molecule has 3 rings (SSSR count). The average molecular weight is 331 g/mol. The highest BCUT2D eigenvalue weighted by molar-refractivity contribution is 9.10. The van der Waals surface area contributed by atoms with Gasteiger partial charge in [-0.2, -0.15) is 0 Å². The quantitative estimate of drug-likeness (QED) is 0.775. The van der Waals surface area contributed by atoms with Crippen molar-refractivity contribution in [3.05, 3.63) is 53.0 Å². The van der Waals surface area contributed by atoms with Crippen molar-refractivity contribution in [1.29, 1.82) is 0 Å². The van der Waals surface area contributed by atoms with Gasteiger partial charge in [-0.05, 0) is 39.5 Å². The van der Waals surface area contributed by atoms with Crippen molar-refractivity contribution < 1.29 is 0 Å². The largest absolute Gasteiger partial charge is 0.337 e. The Kier molecular flexibility index (Phi) is 3.44. The van der Waals surface area contributed by atoms with E-state index in [1.165, 1.54) is 5.56 Å². The third-order valence-corrected chi connectivity index (χ3v) is 3.57. The van der Waals surface area contributed by atoms with E-state index in [9.17, 15) is 0 Å². The van der Waals surface area contributed by atoms with E-state index in [0.29, 0.717) is 5.92 Å². The van der Waals surface area contributed by atoms with Gasteiger partial charge < -0.3 is 9.72 Å². The summed E-state index contributed by atoms with van der Waals surface area (Å²) in [5.41, 5.74) is 3.13. The zero-order valence-electron chi connectivity index (χ0n) is 11.3. The van der Waals surface area contributed by atoms with Crippen LogP contribution in [0, 0.1) is 0 Å². The SMILES string of the molecule is CC(C)c1ccc(Nc2nc(Br)cn3ccnc23)cc1. The monoisotopic (exact) mass is 330 g/mol. The van der Waals surface area contributed by atoms with Crippen molar-refractivity contribution in [2.24, 2.45) is 0 Å². The molecule has 102 valence electrons. The standard InChI is InChI=1S/C15H15BrN4/c1-10(2)11-3-5-12(6-4-11)18-14-15-17-7-8-20(15)9-13(16)19-14/h3-10H,1-2H3,(H,18,19). The molecule has 20 heavy (non-hydrogen) atoms.